The molecule has 0 aliphatic heterocycles. The minimum Gasteiger partial charge on any atom is -0.466 e. The first kappa shape index (κ1) is 9.92. The summed E-state index contributed by atoms with van der Waals surface area (Å²) in [5, 5.41) is 0.451. The van der Waals surface area contributed by atoms with Crippen molar-refractivity contribution < 1.29 is 9.53 Å². The van der Waals surface area contributed by atoms with Crippen molar-refractivity contribution in [3.63, 3.8) is 0 Å². The first-order valence-corrected chi connectivity index (χ1v) is 4.22. The van der Waals surface area contributed by atoms with Gasteiger partial charge in [-0.3, -0.25) is 4.79 Å². The van der Waals surface area contributed by atoms with Gasteiger partial charge in [0, 0.05) is 12.4 Å². The lowest BCUT2D eigenvalue weighted by atomic mass is 10.4. The first-order chi connectivity index (χ1) is 6.22. The average molecular weight is 201 g/mol. The van der Waals surface area contributed by atoms with Crippen molar-refractivity contribution in [2.75, 3.05) is 6.61 Å². The van der Waals surface area contributed by atoms with Crippen molar-refractivity contribution in [1.82, 2.24) is 9.97 Å². The van der Waals surface area contributed by atoms with Crippen molar-refractivity contribution in [2.24, 2.45) is 0 Å². The summed E-state index contributed by atoms with van der Waals surface area (Å²) in [5.74, 6) is 0.0904. The van der Waals surface area contributed by atoms with E-state index in [0.29, 0.717) is 17.5 Å². The number of ether oxygens (including phenoxy) is 1. The lowest BCUT2D eigenvalue weighted by molar-refractivity contribution is -0.142. The van der Waals surface area contributed by atoms with Gasteiger partial charge in [0.05, 0.1) is 11.6 Å². The van der Waals surface area contributed by atoms with Crippen LogP contribution in [0.3, 0.4) is 0 Å². The van der Waals surface area contributed by atoms with E-state index in [0.717, 1.165) is 0 Å². The summed E-state index contributed by atoms with van der Waals surface area (Å²) < 4.78 is 4.72. The normalized spacial score (nSPS) is 9.69. The van der Waals surface area contributed by atoms with Gasteiger partial charge in [-0.2, -0.15) is 0 Å². The standard InChI is InChI=1S/C8H9ClN2O2/c1-2-13-8(12)3-7-10-4-6(9)5-11-7/h4-5H,2-3H2,1H3. The average Bonchev–Trinajstić information content (AvgIpc) is 2.09. The summed E-state index contributed by atoms with van der Waals surface area (Å²) in [6.07, 6.45) is 2.98. The van der Waals surface area contributed by atoms with Crippen molar-refractivity contribution >= 4 is 17.6 Å². The highest BCUT2D eigenvalue weighted by Crippen LogP contribution is 2.03. The van der Waals surface area contributed by atoms with Crippen LogP contribution in [0, 0.1) is 0 Å². The van der Waals surface area contributed by atoms with Crippen LogP contribution in [0.1, 0.15) is 12.7 Å². The summed E-state index contributed by atoms with van der Waals surface area (Å²) in [7, 11) is 0. The molecule has 13 heavy (non-hydrogen) atoms. The molecule has 0 amide bonds. The van der Waals surface area contributed by atoms with E-state index in [4.69, 9.17) is 16.3 Å². The SMILES string of the molecule is CCOC(=O)Cc1ncc(Cl)cn1. The maximum atomic E-state index is 11.0. The van der Waals surface area contributed by atoms with Gasteiger partial charge in [-0.25, -0.2) is 9.97 Å². The monoisotopic (exact) mass is 200 g/mol. The van der Waals surface area contributed by atoms with Crippen LogP contribution in [-0.4, -0.2) is 22.5 Å². The number of nitrogens with zero attached hydrogens (tertiary/aromatic N) is 2. The van der Waals surface area contributed by atoms with Crippen LogP contribution in [0.4, 0.5) is 0 Å². The highest BCUT2D eigenvalue weighted by Gasteiger charge is 2.05. The molecule has 1 aromatic rings. The largest absolute Gasteiger partial charge is 0.466 e. The van der Waals surface area contributed by atoms with Crippen LogP contribution < -0.4 is 0 Å². The van der Waals surface area contributed by atoms with Crippen LogP contribution in [0.25, 0.3) is 0 Å². The van der Waals surface area contributed by atoms with Crippen molar-refractivity contribution in [3.8, 4) is 0 Å². The zero-order chi connectivity index (χ0) is 9.68. The van der Waals surface area contributed by atoms with Crippen LogP contribution >= 0.6 is 11.6 Å². The molecule has 0 aliphatic rings. The fourth-order valence-electron chi connectivity index (χ4n) is 0.771. The molecule has 1 aromatic heterocycles. The zero-order valence-corrected chi connectivity index (χ0v) is 7.91. The van der Waals surface area contributed by atoms with Gasteiger partial charge < -0.3 is 4.74 Å². The fourth-order valence-corrected chi connectivity index (χ4v) is 0.869. The van der Waals surface area contributed by atoms with E-state index in [1.165, 1.54) is 12.4 Å². The number of carbonyl (C=O) groups excluding carboxylic acids is 1. The Morgan fingerprint density at radius 3 is 2.69 bits per heavy atom. The van der Waals surface area contributed by atoms with Crippen LogP contribution in [-0.2, 0) is 16.0 Å². The number of hydrogen-bond acceptors (Lipinski definition) is 4. The predicted molar refractivity (Wildman–Crippen MR) is 47.4 cm³/mol. The summed E-state index contributed by atoms with van der Waals surface area (Å²) in [6, 6.07) is 0. The molecule has 0 bridgehead atoms. The Morgan fingerprint density at radius 1 is 1.54 bits per heavy atom. The number of esters is 1. The maximum absolute atomic E-state index is 11.0. The quantitative estimate of drug-likeness (QED) is 0.689. The topological polar surface area (TPSA) is 52.1 Å². The molecule has 0 N–H and O–H groups in total. The molecule has 5 heteroatoms. The molecule has 0 aromatic carbocycles. The minimum atomic E-state index is -0.329. The molecule has 0 unspecified atom stereocenters. The number of aromatic nitrogens is 2. The van der Waals surface area contributed by atoms with E-state index in [1.807, 2.05) is 0 Å². The van der Waals surface area contributed by atoms with Gasteiger partial charge in [0.1, 0.15) is 12.2 Å². The number of halogens is 1. The molecule has 1 rings (SSSR count). The summed E-state index contributed by atoms with van der Waals surface area (Å²) in [5.41, 5.74) is 0. The predicted octanol–water partition coefficient (Wildman–Crippen LogP) is 1.24. The van der Waals surface area contributed by atoms with E-state index in [-0.39, 0.29) is 12.4 Å². The summed E-state index contributed by atoms with van der Waals surface area (Å²) in [6.45, 7) is 2.12. The third-order valence-electron chi connectivity index (χ3n) is 1.28. The first-order valence-electron chi connectivity index (χ1n) is 3.84. The highest BCUT2D eigenvalue weighted by atomic mass is 35.5. The second-order valence-corrected chi connectivity index (χ2v) is 2.74. The number of hydrogen-bond donors (Lipinski definition) is 0. The zero-order valence-electron chi connectivity index (χ0n) is 7.16. The Hall–Kier alpha value is -1.16. The third-order valence-corrected chi connectivity index (χ3v) is 1.48. The van der Waals surface area contributed by atoms with E-state index in [9.17, 15) is 4.79 Å². The Kier molecular flexibility index (Phi) is 3.64. The number of carbonyl (C=O) groups is 1. The highest BCUT2D eigenvalue weighted by molar-refractivity contribution is 6.30. The number of rotatable bonds is 3. The van der Waals surface area contributed by atoms with E-state index in [1.54, 1.807) is 6.92 Å². The minimum absolute atomic E-state index is 0.0883. The molecular formula is C8H9ClN2O2. The smallest absolute Gasteiger partial charge is 0.313 e. The van der Waals surface area contributed by atoms with E-state index < -0.39 is 0 Å². The lowest BCUT2D eigenvalue weighted by Gasteiger charge is -1.99. The van der Waals surface area contributed by atoms with Gasteiger partial charge in [0.2, 0.25) is 0 Å². The van der Waals surface area contributed by atoms with Crippen LogP contribution in [0.5, 0.6) is 0 Å². The van der Waals surface area contributed by atoms with Gasteiger partial charge in [-0.05, 0) is 6.92 Å². The molecule has 0 radical (unpaired) electrons. The second-order valence-electron chi connectivity index (χ2n) is 2.30. The fraction of sp³-hybridized carbons (Fsp3) is 0.375. The molecule has 0 atom stereocenters. The molecular weight excluding hydrogens is 192 g/mol. The molecule has 0 aliphatic carbocycles. The summed E-state index contributed by atoms with van der Waals surface area (Å²) in [4.78, 5) is 18.7. The Labute approximate surface area is 80.9 Å². The Morgan fingerprint density at radius 2 is 2.15 bits per heavy atom. The molecule has 0 fully saturated rings. The van der Waals surface area contributed by atoms with Crippen molar-refractivity contribution in [2.45, 2.75) is 13.3 Å². The molecule has 0 spiro atoms. The van der Waals surface area contributed by atoms with Gasteiger partial charge in [0.15, 0.2) is 0 Å². The molecule has 70 valence electrons. The van der Waals surface area contributed by atoms with Gasteiger partial charge in [0.25, 0.3) is 0 Å². The van der Waals surface area contributed by atoms with Crippen LogP contribution in [0.15, 0.2) is 12.4 Å². The van der Waals surface area contributed by atoms with Crippen molar-refractivity contribution in [3.05, 3.63) is 23.2 Å². The molecule has 4 nitrogen and oxygen atoms in total. The Balaban J connectivity index is 2.54. The third kappa shape index (κ3) is 3.38. The van der Waals surface area contributed by atoms with E-state index in [2.05, 4.69) is 9.97 Å². The molecule has 1 heterocycles. The van der Waals surface area contributed by atoms with Gasteiger partial charge >= 0.3 is 5.97 Å². The van der Waals surface area contributed by atoms with Crippen molar-refractivity contribution in [1.29, 1.82) is 0 Å². The van der Waals surface area contributed by atoms with Crippen LogP contribution in [0.2, 0.25) is 5.02 Å². The maximum Gasteiger partial charge on any atom is 0.313 e. The Bertz CT molecular complexity index is 287. The van der Waals surface area contributed by atoms with E-state index >= 15 is 0 Å². The van der Waals surface area contributed by atoms with Gasteiger partial charge in [-0.15, -0.1) is 0 Å². The second kappa shape index (κ2) is 4.77. The molecule has 0 saturated heterocycles. The summed E-state index contributed by atoms with van der Waals surface area (Å²) >= 11 is 5.57. The van der Waals surface area contributed by atoms with Gasteiger partial charge in [-0.1, -0.05) is 11.6 Å². The molecule has 0 saturated carbocycles. The lowest BCUT2D eigenvalue weighted by Crippen LogP contribution is -2.09.